The summed E-state index contributed by atoms with van der Waals surface area (Å²) >= 11 is 0.650. The quantitative estimate of drug-likeness (QED) is 0.172. The number of carbonyl (C=O) groups excluding carboxylic acids is 4. The van der Waals surface area contributed by atoms with E-state index in [9.17, 15) is 29.9 Å². The van der Waals surface area contributed by atoms with Crippen molar-refractivity contribution in [2.45, 2.75) is 81.6 Å². The molecule has 1 aromatic rings. The lowest BCUT2D eigenvalue weighted by atomic mass is 9.91. The Hall–Kier alpha value is -2.79. The van der Waals surface area contributed by atoms with Crippen LogP contribution in [0.5, 0.6) is 0 Å². The smallest absolute Gasteiger partial charge is 0.284 e. The number of aliphatic carboxylic acids is 2. The second-order valence-electron chi connectivity index (χ2n) is 8.49. The van der Waals surface area contributed by atoms with E-state index in [0.29, 0.717) is 23.8 Å². The van der Waals surface area contributed by atoms with Gasteiger partial charge in [0.15, 0.2) is 0 Å². The molecule has 0 unspecified atom stereocenters. The summed E-state index contributed by atoms with van der Waals surface area (Å²) in [4.78, 5) is 48.4. The molecule has 3 rings (SSSR count). The highest BCUT2D eigenvalue weighted by Gasteiger charge is 2.17. The van der Waals surface area contributed by atoms with E-state index in [-0.39, 0.29) is 10.6 Å². The Morgan fingerprint density at radius 2 is 1.46 bits per heavy atom. The van der Waals surface area contributed by atoms with E-state index in [1.54, 1.807) is 0 Å². The van der Waals surface area contributed by atoms with Crippen molar-refractivity contribution in [3.05, 3.63) is 34.4 Å². The van der Waals surface area contributed by atoms with Crippen molar-refractivity contribution in [3.8, 4) is 0 Å². The van der Waals surface area contributed by atoms with E-state index in [4.69, 9.17) is 9.59 Å². The summed E-state index contributed by atoms with van der Waals surface area (Å²) in [5.41, 5.74) is -0.217. The molecule has 11 heteroatoms. The number of nitrogens with one attached hydrogen (secondary N) is 1. The largest absolute Gasteiger partial charge is 0.550 e. The minimum atomic E-state index is -1.63. The average Bonchev–Trinajstić information content (AvgIpc) is 2.88. The molecule has 0 spiro atoms. The molecule has 2 aliphatic rings. The van der Waals surface area contributed by atoms with E-state index in [2.05, 4.69) is 4.72 Å². The summed E-state index contributed by atoms with van der Waals surface area (Å²) in [6.45, 7) is 0. The van der Waals surface area contributed by atoms with Crippen LogP contribution in [0.15, 0.2) is 29.2 Å². The fraction of sp³-hybridized carbons (Fsp3) is 0.583. The number of nitro groups is 1. The summed E-state index contributed by atoms with van der Waals surface area (Å²) in [6.07, 6.45) is 14.7. The number of rotatable bonds is 9. The topological polar surface area (TPSA) is 178 Å². The third kappa shape index (κ3) is 13.0. The van der Waals surface area contributed by atoms with Crippen LogP contribution in [0.1, 0.15) is 70.6 Å². The van der Waals surface area contributed by atoms with Crippen LogP contribution in [0.25, 0.3) is 0 Å². The first kappa shape index (κ1) is 30.2. The number of para-hydroxylation sites is 1. The third-order valence-electron chi connectivity index (χ3n) is 5.75. The molecular formula is C24H34N2O8S. The Labute approximate surface area is 209 Å². The summed E-state index contributed by atoms with van der Waals surface area (Å²) in [5.74, 6) is -2.16. The molecule has 194 valence electrons. The highest BCUT2D eigenvalue weighted by atomic mass is 32.2. The van der Waals surface area contributed by atoms with Gasteiger partial charge in [0.1, 0.15) is 4.90 Å². The molecule has 0 aliphatic heterocycles. The van der Waals surface area contributed by atoms with Crippen LogP contribution in [0, 0.1) is 22.0 Å². The zero-order valence-corrected chi connectivity index (χ0v) is 20.5. The molecule has 2 saturated carbocycles. The summed E-state index contributed by atoms with van der Waals surface area (Å²) in [7, 11) is 0. The van der Waals surface area contributed by atoms with Crippen molar-refractivity contribution in [2.75, 3.05) is 0 Å². The van der Waals surface area contributed by atoms with Gasteiger partial charge in [0.05, 0.1) is 28.8 Å². The molecular weight excluding hydrogens is 476 g/mol. The number of hydrogen-bond acceptors (Lipinski definition) is 8. The normalized spacial score (nSPS) is 16.9. The number of carboxylic acid groups (broad SMARTS) is 2. The van der Waals surface area contributed by atoms with Crippen LogP contribution in [-0.2, 0) is 9.59 Å². The molecule has 2 fully saturated rings. The van der Waals surface area contributed by atoms with Gasteiger partial charge in [0.25, 0.3) is 18.3 Å². The number of nitro benzene ring substituents is 1. The van der Waals surface area contributed by atoms with E-state index in [1.165, 1.54) is 101 Å². The number of hydrogen-bond donors (Lipinski definition) is 1. The Morgan fingerprint density at radius 1 is 0.971 bits per heavy atom. The summed E-state index contributed by atoms with van der Waals surface area (Å²) in [5, 5.41) is 31.7. The van der Waals surface area contributed by atoms with Gasteiger partial charge in [0, 0.05) is 18.5 Å². The van der Waals surface area contributed by atoms with E-state index in [1.807, 2.05) is 0 Å². The van der Waals surface area contributed by atoms with Crippen LogP contribution in [-0.4, -0.2) is 45.1 Å². The van der Waals surface area contributed by atoms with Gasteiger partial charge >= 0.3 is 0 Å². The third-order valence-corrected chi connectivity index (χ3v) is 6.72. The van der Waals surface area contributed by atoms with Gasteiger partial charge in [-0.15, -0.1) is 0 Å². The molecule has 2 aliphatic carbocycles. The molecule has 1 atom stereocenters. The lowest BCUT2D eigenvalue weighted by Gasteiger charge is -2.19. The molecule has 1 aromatic carbocycles. The maximum Gasteiger partial charge on any atom is 0.284 e. The van der Waals surface area contributed by atoms with Crippen LogP contribution in [0.2, 0.25) is 0 Å². The molecule has 0 bridgehead atoms. The second-order valence-corrected chi connectivity index (χ2v) is 9.37. The lowest BCUT2D eigenvalue weighted by molar-refractivity contribution is -0.387. The molecule has 0 amide bonds. The summed E-state index contributed by atoms with van der Waals surface area (Å²) in [6, 6.07) is 4.14. The van der Waals surface area contributed by atoms with Gasteiger partial charge in [-0.05, 0) is 43.7 Å². The second kappa shape index (κ2) is 17.6. The van der Waals surface area contributed by atoms with Crippen LogP contribution in [0.4, 0.5) is 5.69 Å². The predicted octanol–water partition coefficient (Wildman–Crippen LogP) is 1.93. The van der Waals surface area contributed by atoms with Gasteiger partial charge in [-0.3, -0.25) is 24.4 Å². The maximum atomic E-state index is 10.7. The fourth-order valence-corrected chi connectivity index (χ4v) is 4.58. The summed E-state index contributed by atoms with van der Waals surface area (Å²) < 4.78 is 2.29. The van der Waals surface area contributed by atoms with E-state index in [0.717, 1.165) is 0 Å². The van der Waals surface area contributed by atoms with Gasteiger partial charge in [-0.1, -0.05) is 50.7 Å². The maximum absolute atomic E-state index is 10.7. The van der Waals surface area contributed by atoms with Crippen molar-refractivity contribution in [3.63, 3.8) is 0 Å². The van der Waals surface area contributed by atoms with E-state index >= 15 is 0 Å². The molecule has 0 radical (unpaired) electrons. The molecule has 0 heterocycles. The first-order valence-electron chi connectivity index (χ1n) is 11.8. The zero-order chi connectivity index (χ0) is 26.1. The van der Waals surface area contributed by atoms with Gasteiger partial charge in [-0.2, -0.15) is 0 Å². The lowest BCUT2D eigenvalue weighted by Crippen LogP contribution is -2.46. The van der Waals surface area contributed by atoms with Crippen LogP contribution in [0.3, 0.4) is 0 Å². The molecule has 10 nitrogen and oxygen atoms in total. The van der Waals surface area contributed by atoms with Crippen molar-refractivity contribution in [1.82, 2.24) is 4.72 Å². The first-order chi connectivity index (χ1) is 16.8. The van der Waals surface area contributed by atoms with Crippen molar-refractivity contribution in [1.29, 1.82) is 0 Å². The minimum absolute atomic E-state index is 0.164. The Kier molecular flexibility index (Phi) is 15.2. The van der Waals surface area contributed by atoms with Gasteiger partial charge < -0.3 is 19.8 Å². The standard InChI is InChI=1S/C10H10N2O6S.2C7H12O/c13-9(14)5-6(10(15)16)11-19-8-4-2-1-3-7(8)12(17)18;2*8-6-7-4-2-1-3-5-7/h1-4,6,11H,5H2,(H,13,14)(H,15,16);2*6-7H,1-5H2/t6-;;/m0../s1. The number of carboxylic acids is 2. The number of benzene rings is 1. The predicted molar refractivity (Wildman–Crippen MR) is 130 cm³/mol. The van der Waals surface area contributed by atoms with Crippen molar-refractivity contribution in [2.24, 2.45) is 11.8 Å². The van der Waals surface area contributed by atoms with Gasteiger partial charge in [0.2, 0.25) is 0 Å². The minimum Gasteiger partial charge on any atom is -0.550 e. The van der Waals surface area contributed by atoms with Crippen molar-refractivity contribution >= 4 is 42.1 Å². The Morgan fingerprint density at radius 3 is 1.83 bits per heavy atom. The highest BCUT2D eigenvalue weighted by molar-refractivity contribution is 7.97. The highest BCUT2D eigenvalue weighted by Crippen LogP contribution is 2.27. The van der Waals surface area contributed by atoms with E-state index < -0.39 is 29.3 Å². The Bertz CT molecular complexity index is 801. The molecule has 0 aromatic heterocycles. The number of aldehydes is 2. The first-order valence-corrected chi connectivity index (χ1v) is 12.6. The number of carbonyl (C=O) groups is 2. The number of nitrogens with zero attached hydrogens (tertiary/aromatic N) is 1. The zero-order valence-electron chi connectivity index (χ0n) is 19.7. The van der Waals surface area contributed by atoms with Crippen LogP contribution < -0.4 is 14.9 Å². The van der Waals surface area contributed by atoms with Gasteiger partial charge in [-0.25, -0.2) is 0 Å². The average molecular weight is 511 g/mol. The SMILES string of the molecule is O=C([O-])C[C@H](NSc1ccccc1[N+](=O)[O-])C(=O)[O-].[OH+]=CC1CCCCC1.[OH+]=CC1CCCCC1. The molecule has 35 heavy (non-hydrogen) atoms. The monoisotopic (exact) mass is 510 g/mol. The fourth-order valence-electron chi connectivity index (χ4n) is 3.74. The van der Waals surface area contributed by atoms with Crippen LogP contribution >= 0.6 is 11.9 Å². The van der Waals surface area contributed by atoms with Crippen molar-refractivity contribution < 1.29 is 34.3 Å². The Balaban J connectivity index is 0.000000312. The molecule has 3 N–H and O–H groups in total. The molecule has 0 saturated heterocycles.